The average molecular weight is 311 g/mol. The van der Waals surface area contributed by atoms with Crippen molar-refractivity contribution < 1.29 is 9.18 Å². The Bertz CT molecular complexity index is 811. The van der Waals surface area contributed by atoms with Crippen LogP contribution in [0.1, 0.15) is 21.7 Å². The number of hydrogen-bond acceptors (Lipinski definition) is 4. The molecule has 0 fully saturated rings. The van der Waals surface area contributed by atoms with E-state index in [1.165, 1.54) is 16.8 Å². The molecule has 0 radical (unpaired) electrons. The third-order valence-corrected chi connectivity index (χ3v) is 3.33. The first-order valence-electron chi connectivity index (χ1n) is 7.01. The molecule has 7 heteroatoms. The highest BCUT2D eigenvalue weighted by molar-refractivity contribution is 5.94. The zero-order chi connectivity index (χ0) is 16.2. The topological polar surface area (TPSA) is 72.7 Å². The van der Waals surface area contributed by atoms with Crippen LogP contribution in [0, 0.1) is 12.7 Å². The van der Waals surface area contributed by atoms with E-state index in [4.69, 9.17) is 0 Å². The lowest BCUT2D eigenvalue weighted by Gasteiger charge is -2.06. The Morgan fingerprint density at radius 2 is 1.83 bits per heavy atom. The lowest BCUT2D eigenvalue weighted by atomic mass is 10.1. The van der Waals surface area contributed by atoms with Crippen LogP contribution in [0.4, 0.5) is 4.39 Å². The van der Waals surface area contributed by atoms with Gasteiger partial charge in [0.2, 0.25) is 0 Å². The van der Waals surface area contributed by atoms with Crippen LogP contribution >= 0.6 is 0 Å². The molecule has 116 valence electrons. The Morgan fingerprint density at radius 3 is 2.52 bits per heavy atom. The van der Waals surface area contributed by atoms with E-state index >= 15 is 0 Å². The van der Waals surface area contributed by atoms with Crippen LogP contribution in [0.3, 0.4) is 0 Å². The van der Waals surface area contributed by atoms with Gasteiger partial charge < -0.3 is 5.32 Å². The van der Waals surface area contributed by atoms with Gasteiger partial charge in [0.1, 0.15) is 5.82 Å². The largest absolute Gasteiger partial charge is 0.345 e. The molecule has 1 aromatic heterocycles. The van der Waals surface area contributed by atoms with E-state index in [0.717, 1.165) is 5.56 Å². The summed E-state index contributed by atoms with van der Waals surface area (Å²) >= 11 is 0. The monoisotopic (exact) mass is 311 g/mol. The number of carbonyl (C=O) groups excluding carboxylic acids is 1. The zero-order valence-electron chi connectivity index (χ0n) is 12.4. The van der Waals surface area contributed by atoms with E-state index in [9.17, 15) is 9.18 Å². The Balaban J connectivity index is 1.72. The van der Waals surface area contributed by atoms with Gasteiger partial charge in [-0.1, -0.05) is 17.7 Å². The quantitative estimate of drug-likeness (QED) is 0.800. The van der Waals surface area contributed by atoms with Crippen molar-refractivity contribution in [2.45, 2.75) is 13.5 Å². The van der Waals surface area contributed by atoms with Crippen molar-refractivity contribution in [1.29, 1.82) is 0 Å². The fourth-order valence-corrected chi connectivity index (χ4v) is 2.07. The molecule has 0 saturated carbocycles. The predicted molar refractivity (Wildman–Crippen MR) is 81.5 cm³/mol. The van der Waals surface area contributed by atoms with Crippen LogP contribution in [-0.4, -0.2) is 26.1 Å². The lowest BCUT2D eigenvalue weighted by molar-refractivity contribution is 0.0949. The van der Waals surface area contributed by atoms with Crippen LogP contribution in [0.2, 0.25) is 0 Å². The number of aryl methyl sites for hydroxylation is 1. The van der Waals surface area contributed by atoms with Crippen LogP contribution in [0.25, 0.3) is 5.69 Å². The van der Waals surface area contributed by atoms with Gasteiger partial charge in [0.05, 0.1) is 12.2 Å². The standard InChI is InChI=1S/C16H14FN5O/c1-11-2-4-12(5-3-11)16(23)18-10-15-19-20-21-22(15)14-8-6-13(17)7-9-14/h2-9H,10H2,1H3,(H,18,23). The summed E-state index contributed by atoms with van der Waals surface area (Å²) in [7, 11) is 0. The number of carbonyl (C=O) groups is 1. The lowest BCUT2D eigenvalue weighted by Crippen LogP contribution is -2.24. The van der Waals surface area contributed by atoms with Crippen molar-refractivity contribution in [3.8, 4) is 5.69 Å². The van der Waals surface area contributed by atoms with Gasteiger partial charge in [-0.3, -0.25) is 4.79 Å². The predicted octanol–water partition coefficient (Wildman–Crippen LogP) is 2.04. The Hall–Kier alpha value is -3.09. The number of amides is 1. The highest BCUT2D eigenvalue weighted by atomic mass is 19.1. The van der Waals surface area contributed by atoms with E-state index in [0.29, 0.717) is 17.1 Å². The maximum Gasteiger partial charge on any atom is 0.251 e. The minimum absolute atomic E-state index is 0.164. The fraction of sp³-hybridized carbons (Fsp3) is 0.125. The van der Waals surface area contributed by atoms with Crippen LogP contribution in [-0.2, 0) is 6.54 Å². The van der Waals surface area contributed by atoms with Gasteiger partial charge in [-0.25, -0.2) is 4.39 Å². The third kappa shape index (κ3) is 3.39. The summed E-state index contributed by atoms with van der Waals surface area (Å²) in [5.41, 5.74) is 2.27. The number of nitrogens with one attached hydrogen (secondary N) is 1. The summed E-state index contributed by atoms with van der Waals surface area (Å²) in [5.74, 6) is -0.0909. The smallest absolute Gasteiger partial charge is 0.251 e. The molecule has 0 bridgehead atoms. The normalized spacial score (nSPS) is 10.5. The number of tetrazole rings is 1. The number of aromatic nitrogens is 4. The molecular weight excluding hydrogens is 297 g/mol. The van der Waals surface area contributed by atoms with Gasteiger partial charge in [-0.15, -0.1) is 5.10 Å². The molecule has 1 N–H and O–H groups in total. The molecule has 0 unspecified atom stereocenters. The molecule has 3 rings (SSSR count). The first-order valence-corrected chi connectivity index (χ1v) is 7.01. The van der Waals surface area contributed by atoms with E-state index in [-0.39, 0.29) is 18.3 Å². The van der Waals surface area contributed by atoms with Crippen LogP contribution in [0.5, 0.6) is 0 Å². The zero-order valence-corrected chi connectivity index (χ0v) is 12.4. The second-order valence-electron chi connectivity index (χ2n) is 5.03. The molecule has 23 heavy (non-hydrogen) atoms. The summed E-state index contributed by atoms with van der Waals surface area (Å²) in [5, 5.41) is 14.1. The summed E-state index contributed by atoms with van der Waals surface area (Å²) in [4.78, 5) is 12.1. The minimum atomic E-state index is -0.337. The molecule has 0 aliphatic carbocycles. The van der Waals surface area contributed by atoms with Gasteiger partial charge in [-0.05, 0) is 53.7 Å². The Labute approximate surface area is 132 Å². The van der Waals surface area contributed by atoms with E-state index in [1.54, 1.807) is 24.3 Å². The molecule has 0 atom stereocenters. The highest BCUT2D eigenvalue weighted by Crippen LogP contribution is 2.09. The van der Waals surface area contributed by atoms with E-state index < -0.39 is 0 Å². The average Bonchev–Trinajstić information content (AvgIpc) is 3.02. The Kier molecular flexibility index (Phi) is 4.09. The number of nitrogens with zero attached hydrogens (tertiary/aromatic N) is 4. The molecule has 0 aliphatic heterocycles. The molecule has 0 aliphatic rings. The molecule has 6 nitrogen and oxygen atoms in total. The maximum atomic E-state index is 13.0. The van der Waals surface area contributed by atoms with Crippen LogP contribution in [0.15, 0.2) is 48.5 Å². The van der Waals surface area contributed by atoms with Gasteiger partial charge in [0.15, 0.2) is 5.82 Å². The number of benzene rings is 2. The van der Waals surface area contributed by atoms with E-state index in [2.05, 4.69) is 20.8 Å². The van der Waals surface area contributed by atoms with Gasteiger partial charge in [0.25, 0.3) is 5.91 Å². The summed E-state index contributed by atoms with van der Waals surface area (Å²) < 4.78 is 14.4. The molecular formula is C16H14FN5O. The summed E-state index contributed by atoms with van der Waals surface area (Å²) in [6.07, 6.45) is 0. The molecule has 2 aromatic carbocycles. The maximum absolute atomic E-state index is 13.0. The van der Waals surface area contributed by atoms with Crippen molar-refractivity contribution in [3.63, 3.8) is 0 Å². The first-order chi connectivity index (χ1) is 11.1. The van der Waals surface area contributed by atoms with E-state index in [1.807, 2.05) is 19.1 Å². The van der Waals surface area contributed by atoms with Crippen LogP contribution < -0.4 is 5.32 Å². The second kappa shape index (κ2) is 6.35. The second-order valence-corrected chi connectivity index (χ2v) is 5.03. The molecule has 3 aromatic rings. The SMILES string of the molecule is Cc1ccc(C(=O)NCc2nnnn2-c2ccc(F)cc2)cc1. The molecule has 1 heterocycles. The Morgan fingerprint density at radius 1 is 1.13 bits per heavy atom. The fourth-order valence-electron chi connectivity index (χ4n) is 2.07. The third-order valence-electron chi connectivity index (χ3n) is 3.33. The molecule has 0 spiro atoms. The van der Waals surface area contributed by atoms with Crippen molar-refractivity contribution in [2.75, 3.05) is 0 Å². The highest BCUT2D eigenvalue weighted by Gasteiger charge is 2.11. The first kappa shape index (κ1) is 14.8. The van der Waals surface area contributed by atoms with Crippen molar-refractivity contribution in [1.82, 2.24) is 25.5 Å². The van der Waals surface area contributed by atoms with Crippen molar-refractivity contribution in [3.05, 3.63) is 71.3 Å². The van der Waals surface area contributed by atoms with Gasteiger partial charge >= 0.3 is 0 Å². The molecule has 1 amide bonds. The number of halogens is 1. The number of hydrogen-bond donors (Lipinski definition) is 1. The van der Waals surface area contributed by atoms with Gasteiger partial charge in [0, 0.05) is 5.56 Å². The van der Waals surface area contributed by atoms with Gasteiger partial charge in [-0.2, -0.15) is 4.68 Å². The minimum Gasteiger partial charge on any atom is -0.345 e. The molecule has 0 saturated heterocycles. The summed E-state index contributed by atoms with van der Waals surface area (Å²) in [6, 6.07) is 13.0. The van der Waals surface area contributed by atoms with Crippen molar-refractivity contribution >= 4 is 5.91 Å². The number of rotatable bonds is 4. The van der Waals surface area contributed by atoms with Crippen molar-refractivity contribution in [2.24, 2.45) is 0 Å². The summed E-state index contributed by atoms with van der Waals surface area (Å²) in [6.45, 7) is 2.12.